The minimum Gasteiger partial charge on any atom is -0.485 e. The number of benzene rings is 1. The maximum atomic E-state index is 12.7. The fraction of sp³-hybridized carbons (Fsp3) is 0.526. The minimum atomic E-state index is 0. The smallest absolute Gasteiger partial charge is 0.253 e. The third-order valence-electron chi connectivity index (χ3n) is 4.77. The number of nitrogens with two attached hydrogens (primary N) is 1. The molecule has 0 aliphatic carbocycles. The molecule has 148 valence electrons. The molecule has 27 heavy (non-hydrogen) atoms. The van der Waals surface area contributed by atoms with Crippen LogP contribution >= 0.6 is 12.4 Å². The third-order valence-corrected chi connectivity index (χ3v) is 4.77. The summed E-state index contributed by atoms with van der Waals surface area (Å²) in [5.41, 5.74) is 6.67. The SMILES string of the molecule is CCc1nc(COc2ccc(C(=O)N3CCCC(C(C)N)C3)cc2)no1.Cl. The van der Waals surface area contributed by atoms with Gasteiger partial charge in [0.1, 0.15) is 5.75 Å². The molecule has 0 saturated carbocycles. The Labute approximate surface area is 165 Å². The van der Waals surface area contributed by atoms with Crippen molar-refractivity contribution in [2.24, 2.45) is 11.7 Å². The number of ether oxygens (including phenoxy) is 1. The van der Waals surface area contributed by atoms with Crippen molar-refractivity contribution >= 4 is 18.3 Å². The van der Waals surface area contributed by atoms with Gasteiger partial charge in [0, 0.05) is 31.1 Å². The van der Waals surface area contributed by atoms with Gasteiger partial charge in [-0.3, -0.25) is 4.79 Å². The van der Waals surface area contributed by atoms with Crippen LogP contribution in [0.5, 0.6) is 5.75 Å². The number of aryl methyl sites for hydroxylation is 1. The van der Waals surface area contributed by atoms with E-state index in [1.807, 2.05) is 18.7 Å². The summed E-state index contributed by atoms with van der Waals surface area (Å²) in [5.74, 6) is 2.19. The van der Waals surface area contributed by atoms with Gasteiger partial charge in [0.05, 0.1) is 0 Å². The van der Waals surface area contributed by atoms with Gasteiger partial charge in [-0.25, -0.2) is 0 Å². The summed E-state index contributed by atoms with van der Waals surface area (Å²) in [7, 11) is 0. The molecule has 0 radical (unpaired) electrons. The quantitative estimate of drug-likeness (QED) is 0.809. The Kier molecular flexibility index (Phi) is 7.62. The van der Waals surface area contributed by atoms with Crippen LogP contribution in [0.25, 0.3) is 0 Å². The number of nitrogens with zero attached hydrogens (tertiary/aromatic N) is 3. The van der Waals surface area contributed by atoms with E-state index >= 15 is 0 Å². The monoisotopic (exact) mass is 394 g/mol. The van der Waals surface area contributed by atoms with Crippen LogP contribution in [0.2, 0.25) is 0 Å². The molecule has 1 saturated heterocycles. The molecule has 2 unspecified atom stereocenters. The van der Waals surface area contributed by atoms with E-state index in [2.05, 4.69) is 10.1 Å². The number of rotatable bonds is 6. The molecular weight excluding hydrogens is 368 g/mol. The first-order chi connectivity index (χ1) is 12.6. The predicted molar refractivity (Wildman–Crippen MR) is 104 cm³/mol. The van der Waals surface area contributed by atoms with Gasteiger partial charge in [0.15, 0.2) is 6.61 Å². The molecule has 1 aliphatic rings. The molecule has 1 amide bonds. The number of piperidine rings is 1. The standard InChI is InChI=1S/C19H26N4O3.ClH/c1-3-18-21-17(22-26-18)12-25-16-8-6-14(7-9-16)19(24)23-10-4-5-15(11-23)13(2)20;/h6-9,13,15H,3-5,10-12,20H2,1-2H3;1H. The highest BCUT2D eigenvalue weighted by atomic mass is 35.5. The highest BCUT2D eigenvalue weighted by Gasteiger charge is 2.26. The van der Waals surface area contributed by atoms with Crippen LogP contribution in [0.3, 0.4) is 0 Å². The van der Waals surface area contributed by atoms with E-state index in [0.29, 0.717) is 35.4 Å². The molecule has 1 aromatic heterocycles. The normalized spacial score (nSPS) is 17.9. The Morgan fingerprint density at radius 2 is 2.15 bits per heavy atom. The Morgan fingerprint density at radius 1 is 1.41 bits per heavy atom. The average molecular weight is 395 g/mol. The molecule has 1 aliphatic heterocycles. The van der Waals surface area contributed by atoms with Crippen LogP contribution in [0, 0.1) is 5.92 Å². The molecule has 0 bridgehead atoms. The van der Waals surface area contributed by atoms with Crippen molar-refractivity contribution in [3.05, 3.63) is 41.5 Å². The van der Waals surface area contributed by atoms with E-state index in [-0.39, 0.29) is 31.0 Å². The topological polar surface area (TPSA) is 94.5 Å². The van der Waals surface area contributed by atoms with E-state index in [9.17, 15) is 4.79 Å². The van der Waals surface area contributed by atoms with Gasteiger partial charge in [-0.1, -0.05) is 12.1 Å². The zero-order chi connectivity index (χ0) is 18.5. The maximum Gasteiger partial charge on any atom is 0.253 e. The third kappa shape index (κ3) is 5.43. The molecule has 0 spiro atoms. The average Bonchev–Trinajstić information content (AvgIpc) is 3.14. The van der Waals surface area contributed by atoms with Crippen LogP contribution in [-0.4, -0.2) is 40.1 Å². The van der Waals surface area contributed by atoms with Crippen molar-refractivity contribution in [2.75, 3.05) is 13.1 Å². The van der Waals surface area contributed by atoms with Gasteiger partial charge in [0.2, 0.25) is 11.7 Å². The lowest BCUT2D eigenvalue weighted by Crippen LogP contribution is -2.45. The molecular formula is C19H27ClN4O3. The van der Waals surface area contributed by atoms with E-state index < -0.39 is 0 Å². The summed E-state index contributed by atoms with van der Waals surface area (Å²) in [6, 6.07) is 7.28. The predicted octanol–water partition coefficient (Wildman–Crippen LogP) is 2.83. The molecule has 1 fully saturated rings. The zero-order valence-corrected chi connectivity index (χ0v) is 16.6. The van der Waals surface area contributed by atoms with Crippen molar-refractivity contribution in [2.45, 2.75) is 45.8 Å². The molecule has 2 heterocycles. The van der Waals surface area contributed by atoms with Gasteiger partial charge in [-0.2, -0.15) is 4.98 Å². The van der Waals surface area contributed by atoms with Crippen LogP contribution in [-0.2, 0) is 13.0 Å². The number of hydrogen-bond acceptors (Lipinski definition) is 6. The summed E-state index contributed by atoms with van der Waals surface area (Å²) in [6.45, 7) is 5.72. The molecule has 2 atom stereocenters. The summed E-state index contributed by atoms with van der Waals surface area (Å²) in [6.07, 6.45) is 2.79. The highest BCUT2D eigenvalue weighted by molar-refractivity contribution is 5.94. The second-order valence-corrected chi connectivity index (χ2v) is 6.78. The fourth-order valence-corrected chi connectivity index (χ4v) is 3.14. The van der Waals surface area contributed by atoms with Crippen LogP contribution < -0.4 is 10.5 Å². The first-order valence-corrected chi connectivity index (χ1v) is 9.16. The Hall–Kier alpha value is -2.12. The van der Waals surface area contributed by atoms with Crippen molar-refractivity contribution in [1.29, 1.82) is 0 Å². The van der Waals surface area contributed by atoms with Crippen molar-refractivity contribution in [3.63, 3.8) is 0 Å². The summed E-state index contributed by atoms with van der Waals surface area (Å²) >= 11 is 0. The van der Waals surface area contributed by atoms with Crippen LogP contribution in [0.4, 0.5) is 0 Å². The summed E-state index contributed by atoms with van der Waals surface area (Å²) in [5, 5.41) is 3.85. The van der Waals surface area contributed by atoms with E-state index in [1.54, 1.807) is 24.3 Å². The van der Waals surface area contributed by atoms with Crippen molar-refractivity contribution < 1.29 is 14.1 Å². The summed E-state index contributed by atoms with van der Waals surface area (Å²) < 4.78 is 10.7. The number of aromatic nitrogens is 2. The molecule has 2 N–H and O–H groups in total. The Balaban J connectivity index is 0.00000261. The van der Waals surface area contributed by atoms with Crippen LogP contribution in [0.15, 0.2) is 28.8 Å². The zero-order valence-electron chi connectivity index (χ0n) is 15.8. The number of carbonyl (C=O) groups excluding carboxylic acids is 1. The lowest BCUT2D eigenvalue weighted by Gasteiger charge is -2.34. The van der Waals surface area contributed by atoms with Gasteiger partial charge in [-0.15, -0.1) is 12.4 Å². The van der Waals surface area contributed by atoms with E-state index in [4.69, 9.17) is 15.0 Å². The molecule has 8 heteroatoms. The minimum absolute atomic E-state index is 0. The number of carbonyl (C=O) groups is 1. The summed E-state index contributed by atoms with van der Waals surface area (Å²) in [4.78, 5) is 18.8. The van der Waals surface area contributed by atoms with Crippen molar-refractivity contribution in [1.82, 2.24) is 15.0 Å². The van der Waals surface area contributed by atoms with Gasteiger partial charge in [-0.05, 0) is 49.9 Å². The Morgan fingerprint density at radius 3 is 2.78 bits per heavy atom. The van der Waals surface area contributed by atoms with Gasteiger partial charge < -0.3 is 19.9 Å². The number of amides is 1. The molecule has 2 aromatic rings. The van der Waals surface area contributed by atoms with Crippen LogP contribution in [0.1, 0.15) is 48.8 Å². The van der Waals surface area contributed by atoms with E-state index in [1.165, 1.54) is 0 Å². The fourth-order valence-electron chi connectivity index (χ4n) is 3.14. The van der Waals surface area contributed by atoms with E-state index in [0.717, 1.165) is 25.9 Å². The largest absolute Gasteiger partial charge is 0.485 e. The number of halogens is 1. The first-order valence-electron chi connectivity index (χ1n) is 9.16. The van der Waals surface area contributed by atoms with Crippen molar-refractivity contribution in [3.8, 4) is 5.75 Å². The number of hydrogen-bond donors (Lipinski definition) is 1. The number of likely N-dealkylation sites (tertiary alicyclic amines) is 1. The molecule has 3 rings (SSSR count). The first kappa shape index (κ1) is 21.2. The lowest BCUT2D eigenvalue weighted by atomic mass is 9.92. The molecule has 7 nitrogen and oxygen atoms in total. The maximum absolute atomic E-state index is 12.7. The van der Waals surface area contributed by atoms with Gasteiger partial charge in [0.25, 0.3) is 5.91 Å². The molecule has 1 aromatic carbocycles. The lowest BCUT2D eigenvalue weighted by molar-refractivity contribution is 0.0661. The highest BCUT2D eigenvalue weighted by Crippen LogP contribution is 2.21. The Bertz CT molecular complexity index is 733. The van der Waals surface area contributed by atoms with Gasteiger partial charge >= 0.3 is 0 Å². The second kappa shape index (κ2) is 9.71. The second-order valence-electron chi connectivity index (χ2n) is 6.78.